The van der Waals surface area contributed by atoms with Crippen molar-refractivity contribution in [3.8, 4) is 0 Å². The molecule has 0 aliphatic carbocycles. The average Bonchev–Trinajstić information content (AvgIpc) is 2.92. The highest BCUT2D eigenvalue weighted by Gasteiger charge is 2.10. The zero-order valence-electron chi connectivity index (χ0n) is 12.5. The van der Waals surface area contributed by atoms with Crippen LogP contribution in [0.25, 0.3) is 0 Å². The Morgan fingerprint density at radius 3 is 2.56 bits per heavy atom. The Balaban J connectivity index is 1.96. The van der Waals surface area contributed by atoms with Gasteiger partial charge < -0.3 is 0 Å². The van der Waals surface area contributed by atoms with Gasteiger partial charge >= 0.3 is 5.69 Å². The van der Waals surface area contributed by atoms with Crippen molar-refractivity contribution in [3.63, 3.8) is 0 Å². The molecule has 3 aromatic rings. The minimum Gasteiger partial charge on any atom is -0.267 e. The van der Waals surface area contributed by atoms with Gasteiger partial charge in [-0.1, -0.05) is 35.3 Å². The smallest absolute Gasteiger partial charge is 0.267 e. The summed E-state index contributed by atoms with van der Waals surface area (Å²) in [7, 11) is 0. The summed E-state index contributed by atoms with van der Waals surface area (Å²) >= 11 is 12.7. The monoisotopic (exact) mass is 397 g/mol. The predicted molar refractivity (Wildman–Crippen MR) is 94.8 cm³/mol. The third-order valence-electron chi connectivity index (χ3n) is 3.32. The second kappa shape index (κ2) is 7.35. The Hall–Kier alpha value is -2.22. The van der Waals surface area contributed by atoms with Crippen molar-refractivity contribution in [2.75, 3.05) is 0 Å². The quantitative estimate of drug-likeness (QED) is 0.734. The van der Waals surface area contributed by atoms with Gasteiger partial charge in [-0.25, -0.2) is 9.18 Å². The molecule has 0 saturated heterocycles. The largest absolute Gasteiger partial charge is 0.337 e. The Labute approximate surface area is 155 Å². The van der Waals surface area contributed by atoms with Crippen molar-refractivity contribution in [3.05, 3.63) is 84.7 Å². The lowest BCUT2D eigenvalue weighted by molar-refractivity contribution is 0.0997. The predicted octanol–water partition coefficient (Wildman–Crippen LogP) is 3.47. The summed E-state index contributed by atoms with van der Waals surface area (Å²) < 4.78 is 16.8. The summed E-state index contributed by atoms with van der Waals surface area (Å²) in [6, 6.07) is 10.1. The molecule has 5 nitrogen and oxygen atoms in total. The van der Waals surface area contributed by atoms with Crippen LogP contribution in [0.3, 0.4) is 0 Å². The summed E-state index contributed by atoms with van der Waals surface area (Å²) in [6.45, 7) is 0.159. The molecule has 128 valence electrons. The van der Waals surface area contributed by atoms with E-state index >= 15 is 0 Å². The van der Waals surface area contributed by atoms with E-state index in [9.17, 15) is 14.0 Å². The Morgan fingerprint density at radius 1 is 1.16 bits per heavy atom. The number of carbonyl (C=O) groups is 1. The number of amides is 1. The molecule has 25 heavy (non-hydrogen) atoms. The van der Waals surface area contributed by atoms with Crippen molar-refractivity contribution < 1.29 is 9.18 Å². The molecule has 2 aromatic carbocycles. The van der Waals surface area contributed by atoms with Crippen LogP contribution in [0.15, 0.2) is 52.3 Å². The second-order valence-electron chi connectivity index (χ2n) is 5.05. The maximum absolute atomic E-state index is 13.0. The Morgan fingerprint density at radius 2 is 1.88 bits per heavy atom. The molecule has 3 rings (SSSR count). The van der Waals surface area contributed by atoms with E-state index in [4.69, 9.17) is 23.2 Å². The van der Waals surface area contributed by atoms with Gasteiger partial charge in [-0.2, -0.15) is 4.99 Å². The van der Waals surface area contributed by atoms with E-state index in [1.165, 1.54) is 34.9 Å². The minimum atomic E-state index is -0.554. The molecule has 1 amide bonds. The van der Waals surface area contributed by atoms with Gasteiger partial charge in [-0.3, -0.25) is 13.7 Å². The summed E-state index contributed by atoms with van der Waals surface area (Å²) in [4.78, 5) is 28.4. The van der Waals surface area contributed by atoms with E-state index in [0.29, 0.717) is 10.6 Å². The molecule has 0 aliphatic heterocycles. The molecule has 1 N–H and O–H groups in total. The average molecular weight is 398 g/mol. The second-order valence-corrected chi connectivity index (χ2v) is 6.64. The minimum absolute atomic E-state index is 0.159. The van der Waals surface area contributed by atoms with Crippen LogP contribution < -0.4 is 10.5 Å². The van der Waals surface area contributed by atoms with Crippen LogP contribution in [0, 0.1) is 5.82 Å². The number of aromatic nitrogens is 2. The first-order valence-electron chi connectivity index (χ1n) is 7.01. The fourth-order valence-electron chi connectivity index (χ4n) is 2.06. The van der Waals surface area contributed by atoms with E-state index in [1.807, 2.05) is 0 Å². The lowest BCUT2D eigenvalue weighted by atomic mass is 10.2. The van der Waals surface area contributed by atoms with Crippen molar-refractivity contribution in [2.45, 2.75) is 6.54 Å². The number of nitrogens with one attached hydrogen (secondary N) is 1. The Kier molecular flexibility index (Phi) is 5.17. The van der Waals surface area contributed by atoms with Crippen molar-refractivity contribution in [1.29, 1.82) is 0 Å². The zero-order chi connectivity index (χ0) is 18.0. The molecule has 0 saturated carbocycles. The first-order valence-corrected chi connectivity index (χ1v) is 8.58. The molecule has 0 fully saturated rings. The maximum Gasteiger partial charge on any atom is 0.337 e. The van der Waals surface area contributed by atoms with Gasteiger partial charge in [0, 0.05) is 5.56 Å². The number of H-pyrrole nitrogens is 1. The summed E-state index contributed by atoms with van der Waals surface area (Å²) in [5.74, 6) is -0.922. The molecular formula is C16H10Cl2FN3O2S. The van der Waals surface area contributed by atoms with Gasteiger partial charge in [0.05, 0.1) is 16.6 Å². The molecule has 0 atom stereocenters. The molecular weight excluding hydrogens is 388 g/mol. The molecule has 0 bridgehead atoms. The lowest BCUT2D eigenvalue weighted by Gasteiger charge is -2.02. The van der Waals surface area contributed by atoms with Crippen molar-refractivity contribution in [2.24, 2.45) is 4.99 Å². The highest BCUT2D eigenvalue weighted by atomic mass is 35.5. The van der Waals surface area contributed by atoms with Gasteiger partial charge in [0.2, 0.25) is 4.80 Å². The third-order valence-corrected chi connectivity index (χ3v) is 4.83. The van der Waals surface area contributed by atoms with Crippen LogP contribution in [0.5, 0.6) is 0 Å². The number of hydrogen-bond acceptors (Lipinski definition) is 3. The maximum atomic E-state index is 13.0. The van der Waals surface area contributed by atoms with Crippen LogP contribution in [-0.2, 0) is 6.54 Å². The van der Waals surface area contributed by atoms with Crippen LogP contribution in [-0.4, -0.2) is 14.8 Å². The fourth-order valence-corrected chi connectivity index (χ4v) is 3.04. The number of aromatic amines is 1. The van der Waals surface area contributed by atoms with E-state index in [2.05, 4.69) is 9.37 Å². The number of carbonyl (C=O) groups excluding carboxylic acids is 1. The summed E-state index contributed by atoms with van der Waals surface area (Å²) in [5, 5.41) is 0.569. The molecule has 0 radical (unpaired) electrons. The summed E-state index contributed by atoms with van der Waals surface area (Å²) in [5.41, 5.74) is 0.548. The number of rotatable bonds is 3. The Bertz CT molecular complexity index is 1050. The molecule has 1 heterocycles. The van der Waals surface area contributed by atoms with Crippen LogP contribution >= 0.6 is 34.7 Å². The molecule has 9 heteroatoms. The highest BCUT2D eigenvalue weighted by molar-refractivity contribution is 7.02. The highest BCUT2D eigenvalue weighted by Crippen LogP contribution is 2.22. The normalized spacial score (nSPS) is 11.7. The molecule has 0 aliphatic rings. The lowest BCUT2D eigenvalue weighted by Crippen LogP contribution is -2.28. The third kappa shape index (κ3) is 4.07. The van der Waals surface area contributed by atoms with Crippen LogP contribution in [0.1, 0.15) is 15.9 Å². The number of benzene rings is 2. The van der Waals surface area contributed by atoms with E-state index in [-0.39, 0.29) is 27.7 Å². The first-order chi connectivity index (χ1) is 11.9. The number of nitrogens with zero attached hydrogens (tertiary/aromatic N) is 2. The van der Waals surface area contributed by atoms with Gasteiger partial charge in [-0.15, -0.1) is 0 Å². The van der Waals surface area contributed by atoms with Crippen LogP contribution in [0.2, 0.25) is 10.0 Å². The van der Waals surface area contributed by atoms with Gasteiger partial charge in [0.25, 0.3) is 5.91 Å². The topological polar surface area (TPSA) is 67.2 Å². The van der Waals surface area contributed by atoms with E-state index in [1.54, 1.807) is 12.1 Å². The number of halogens is 3. The summed E-state index contributed by atoms with van der Waals surface area (Å²) in [6.07, 6.45) is 0. The van der Waals surface area contributed by atoms with Gasteiger partial charge in [0.15, 0.2) is 0 Å². The molecule has 0 unspecified atom stereocenters. The van der Waals surface area contributed by atoms with Crippen molar-refractivity contribution in [1.82, 2.24) is 8.94 Å². The van der Waals surface area contributed by atoms with Crippen molar-refractivity contribution >= 4 is 40.6 Å². The first kappa shape index (κ1) is 17.6. The fraction of sp³-hybridized carbons (Fsp3) is 0.0625. The van der Waals surface area contributed by atoms with Crippen LogP contribution in [0.4, 0.5) is 4.39 Å². The van der Waals surface area contributed by atoms with E-state index < -0.39 is 11.6 Å². The van der Waals surface area contributed by atoms with E-state index in [0.717, 1.165) is 11.5 Å². The zero-order valence-corrected chi connectivity index (χ0v) is 14.8. The molecule has 1 aromatic heterocycles. The van der Waals surface area contributed by atoms with Gasteiger partial charge in [0.1, 0.15) is 5.82 Å². The molecule has 0 spiro atoms. The SMILES string of the molecule is O=C(N=c1s[nH]c(=O)n1Cc1ccc(F)cc1)c1ccc(Cl)c(Cl)c1. The number of hydrogen-bond donors (Lipinski definition) is 1. The standard InChI is InChI=1S/C16H10Cl2FN3O2S/c17-12-6-3-10(7-13(12)18)14(23)20-16-22(15(24)21-25-16)8-9-1-4-11(19)5-2-9/h1-7H,8H2,(H,21,24). The van der Waals surface area contributed by atoms with Gasteiger partial charge in [-0.05, 0) is 47.4 Å².